The van der Waals surface area contributed by atoms with Crippen LogP contribution in [-0.2, 0) is 6.54 Å². The molecule has 4 heteroatoms. The van der Waals surface area contributed by atoms with Gasteiger partial charge in [-0.1, -0.05) is 17.7 Å². The molecule has 0 saturated carbocycles. The maximum atomic E-state index is 12.1. The second kappa shape index (κ2) is 4.96. The van der Waals surface area contributed by atoms with Crippen LogP contribution in [0, 0.1) is 13.8 Å². The summed E-state index contributed by atoms with van der Waals surface area (Å²) in [5.41, 5.74) is 2.32. The van der Waals surface area contributed by atoms with Crippen LogP contribution in [0.15, 0.2) is 41.3 Å². The van der Waals surface area contributed by atoms with Gasteiger partial charge in [0.05, 0.1) is 0 Å². The number of aryl methyl sites for hydroxylation is 2. The van der Waals surface area contributed by atoms with Crippen LogP contribution < -0.4 is 5.56 Å². The van der Waals surface area contributed by atoms with E-state index in [2.05, 4.69) is 5.10 Å². The van der Waals surface area contributed by atoms with Crippen molar-refractivity contribution < 1.29 is 4.79 Å². The lowest BCUT2D eigenvalue weighted by molar-refractivity contribution is 0.0965. The highest BCUT2D eigenvalue weighted by molar-refractivity contribution is 5.97. The molecular weight excluding hydrogens is 228 g/mol. The van der Waals surface area contributed by atoms with Crippen LogP contribution in [0.1, 0.15) is 21.5 Å². The zero-order valence-corrected chi connectivity index (χ0v) is 10.4. The van der Waals surface area contributed by atoms with Gasteiger partial charge in [-0.05, 0) is 31.5 Å². The zero-order chi connectivity index (χ0) is 13.1. The average molecular weight is 242 g/mol. The molecule has 0 N–H and O–H groups in total. The van der Waals surface area contributed by atoms with E-state index < -0.39 is 0 Å². The Bertz CT molecular complexity index is 644. The van der Waals surface area contributed by atoms with Crippen LogP contribution in [0.3, 0.4) is 0 Å². The molecule has 4 nitrogen and oxygen atoms in total. The SMILES string of the molecule is Cc1ccc(C)c(C(=O)Cn2ncccc2=O)c1. The van der Waals surface area contributed by atoms with Crippen molar-refractivity contribution >= 4 is 5.78 Å². The number of Topliss-reactive ketones (excluding diaryl/α,β-unsaturated/α-hetero) is 1. The van der Waals surface area contributed by atoms with Crippen molar-refractivity contribution in [1.82, 2.24) is 9.78 Å². The summed E-state index contributed by atoms with van der Waals surface area (Å²) in [6.07, 6.45) is 1.50. The van der Waals surface area contributed by atoms with E-state index in [0.717, 1.165) is 11.1 Å². The first-order chi connectivity index (χ1) is 8.58. The van der Waals surface area contributed by atoms with Crippen LogP contribution in [-0.4, -0.2) is 15.6 Å². The lowest BCUT2D eigenvalue weighted by Crippen LogP contribution is -2.25. The molecule has 0 fully saturated rings. The van der Waals surface area contributed by atoms with Crippen LogP contribution in [0.4, 0.5) is 0 Å². The van der Waals surface area contributed by atoms with E-state index in [1.54, 1.807) is 6.07 Å². The quantitative estimate of drug-likeness (QED) is 0.770. The van der Waals surface area contributed by atoms with Crippen molar-refractivity contribution in [2.45, 2.75) is 20.4 Å². The fraction of sp³-hybridized carbons (Fsp3) is 0.214. The minimum absolute atomic E-state index is 0.0238. The van der Waals surface area contributed by atoms with Crippen LogP contribution in [0.5, 0.6) is 0 Å². The number of hydrogen-bond donors (Lipinski definition) is 0. The molecule has 0 aliphatic heterocycles. The summed E-state index contributed by atoms with van der Waals surface area (Å²) in [7, 11) is 0. The number of hydrogen-bond acceptors (Lipinski definition) is 3. The molecule has 0 radical (unpaired) electrons. The van der Waals surface area contributed by atoms with E-state index in [1.807, 2.05) is 32.0 Å². The monoisotopic (exact) mass is 242 g/mol. The maximum Gasteiger partial charge on any atom is 0.267 e. The maximum absolute atomic E-state index is 12.1. The third-order valence-corrected chi connectivity index (χ3v) is 2.77. The summed E-state index contributed by atoms with van der Waals surface area (Å²) < 4.78 is 1.17. The molecular formula is C14H14N2O2. The number of rotatable bonds is 3. The van der Waals surface area contributed by atoms with E-state index in [9.17, 15) is 9.59 Å². The van der Waals surface area contributed by atoms with Crippen molar-refractivity contribution in [2.75, 3.05) is 0 Å². The largest absolute Gasteiger partial charge is 0.292 e. The minimum atomic E-state index is -0.267. The second-order valence-electron chi connectivity index (χ2n) is 4.26. The summed E-state index contributed by atoms with van der Waals surface area (Å²) in [5.74, 6) is -0.1000. The third-order valence-electron chi connectivity index (χ3n) is 2.77. The Labute approximate surface area is 105 Å². The van der Waals surface area contributed by atoms with Gasteiger partial charge in [-0.25, -0.2) is 4.68 Å². The van der Waals surface area contributed by atoms with Crippen LogP contribution in [0.2, 0.25) is 0 Å². The van der Waals surface area contributed by atoms with Gasteiger partial charge >= 0.3 is 0 Å². The first-order valence-electron chi connectivity index (χ1n) is 5.70. The summed E-state index contributed by atoms with van der Waals surface area (Å²) in [6, 6.07) is 8.65. The van der Waals surface area contributed by atoms with Gasteiger partial charge in [0.15, 0.2) is 5.78 Å². The van der Waals surface area contributed by atoms with Crippen molar-refractivity contribution in [3.05, 3.63) is 63.6 Å². The molecule has 0 spiro atoms. The number of nitrogens with zero attached hydrogens (tertiary/aromatic N) is 2. The predicted molar refractivity (Wildman–Crippen MR) is 68.7 cm³/mol. The number of aromatic nitrogens is 2. The Hall–Kier alpha value is -2.23. The van der Waals surface area contributed by atoms with Crippen molar-refractivity contribution in [3.8, 4) is 0 Å². The number of ketones is 1. The van der Waals surface area contributed by atoms with E-state index in [-0.39, 0.29) is 17.9 Å². The normalized spacial score (nSPS) is 10.3. The van der Waals surface area contributed by atoms with Gasteiger partial charge < -0.3 is 0 Å². The molecule has 0 aliphatic rings. The van der Waals surface area contributed by atoms with E-state index in [0.29, 0.717) is 5.56 Å². The smallest absolute Gasteiger partial charge is 0.267 e. The third kappa shape index (κ3) is 2.53. The molecule has 1 heterocycles. The minimum Gasteiger partial charge on any atom is -0.292 e. The summed E-state index contributed by atoms with van der Waals surface area (Å²) >= 11 is 0. The molecule has 0 aliphatic carbocycles. The van der Waals surface area contributed by atoms with Crippen LogP contribution >= 0.6 is 0 Å². The second-order valence-corrected chi connectivity index (χ2v) is 4.26. The van der Waals surface area contributed by atoms with Gasteiger partial charge in [-0.15, -0.1) is 0 Å². The molecule has 2 aromatic rings. The summed E-state index contributed by atoms with van der Waals surface area (Å²) in [5, 5.41) is 3.88. The van der Waals surface area contributed by atoms with Gasteiger partial charge in [0.2, 0.25) is 0 Å². The first kappa shape index (κ1) is 12.2. The molecule has 1 aromatic heterocycles. The molecule has 0 saturated heterocycles. The van der Waals surface area contributed by atoms with Gasteiger partial charge in [-0.2, -0.15) is 5.10 Å². The lowest BCUT2D eigenvalue weighted by atomic mass is 10.0. The standard InChI is InChI=1S/C14H14N2O2/c1-10-5-6-11(2)12(8-10)13(17)9-16-14(18)4-3-7-15-16/h3-8H,9H2,1-2H3. The summed E-state index contributed by atoms with van der Waals surface area (Å²) in [4.78, 5) is 23.6. The number of benzene rings is 1. The molecule has 18 heavy (non-hydrogen) atoms. The van der Waals surface area contributed by atoms with Gasteiger partial charge in [-0.3, -0.25) is 9.59 Å². The zero-order valence-electron chi connectivity index (χ0n) is 10.4. The first-order valence-corrected chi connectivity index (χ1v) is 5.70. The molecule has 2 rings (SSSR count). The highest BCUT2D eigenvalue weighted by Crippen LogP contribution is 2.11. The van der Waals surface area contributed by atoms with Crippen molar-refractivity contribution in [3.63, 3.8) is 0 Å². The average Bonchev–Trinajstić information content (AvgIpc) is 2.35. The van der Waals surface area contributed by atoms with Crippen molar-refractivity contribution in [2.24, 2.45) is 0 Å². The van der Waals surface area contributed by atoms with E-state index >= 15 is 0 Å². The van der Waals surface area contributed by atoms with Gasteiger partial charge in [0, 0.05) is 17.8 Å². The number of carbonyl (C=O) groups excluding carboxylic acids is 1. The Balaban J connectivity index is 2.31. The van der Waals surface area contributed by atoms with Crippen LogP contribution in [0.25, 0.3) is 0 Å². The number of carbonyl (C=O) groups is 1. The van der Waals surface area contributed by atoms with Crippen molar-refractivity contribution in [1.29, 1.82) is 0 Å². The van der Waals surface area contributed by atoms with Gasteiger partial charge in [0.25, 0.3) is 5.56 Å². The lowest BCUT2D eigenvalue weighted by Gasteiger charge is -2.07. The molecule has 0 atom stereocenters. The molecule has 0 amide bonds. The Morgan fingerprint density at radius 3 is 2.78 bits per heavy atom. The fourth-order valence-electron chi connectivity index (χ4n) is 1.76. The summed E-state index contributed by atoms with van der Waals surface area (Å²) in [6.45, 7) is 3.79. The molecule has 0 bridgehead atoms. The Morgan fingerprint density at radius 2 is 2.06 bits per heavy atom. The van der Waals surface area contributed by atoms with Gasteiger partial charge in [0.1, 0.15) is 6.54 Å². The predicted octanol–water partition coefficient (Wildman–Crippen LogP) is 1.74. The fourth-order valence-corrected chi connectivity index (χ4v) is 1.76. The van der Waals surface area contributed by atoms with E-state index in [1.165, 1.54) is 16.9 Å². The highest BCUT2D eigenvalue weighted by atomic mass is 16.1. The molecule has 92 valence electrons. The Kier molecular flexibility index (Phi) is 3.37. The van der Waals surface area contributed by atoms with E-state index in [4.69, 9.17) is 0 Å². The molecule has 1 aromatic carbocycles. The highest BCUT2D eigenvalue weighted by Gasteiger charge is 2.11. The Morgan fingerprint density at radius 1 is 1.28 bits per heavy atom. The topological polar surface area (TPSA) is 52.0 Å². The molecule has 0 unspecified atom stereocenters.